The highest BCUT2D eigenvalue weighted by molar-refractivity contribution is 7.79. The van der Waals surface area contributed by atoms with Gasteiger partial charge >= 0.3 is 0 Å². The predicted octanol–water partition coefficient (Wildman–Crippen LogP) is 5.81. The molecule has 0 aliphatic carbocycles. The summed E-state index contributed by atoms with van der Waals surface area (Å²) in [5.74, 6) is 0. The molecule has 0 aliphatic rings. The molecule has 0 unspecified atom stereocenters. The maximum absolute atomic E-state index is 2.26. The molecule has 3 aromatic carbocycles. The van der Waals surface area contributed by atoms with Crippen molar-refractivity contribution >= 4 is 23.8 Å². The van der Waals surface area contributed by atoms with Gasteiger partial charge in [-0.3, -0.25) is 0 Å². The Morgan fingerprint density at radius 3 is 1.17 bits per heavy atom. The van der Waals surface area contributed by atoms with Gasteiger partial charge in [-0.15, -0.1) is 0 Å². The zero-order chi connectivity index (χ0) is 17.8. The Hall–Kier alpha value is -1.91. The molecule has 0 heterocycles. The molecule has 24 heavy (non-hydrogen) atoms. The van der Waals surface area contributed by atoms with Gasteiger partial charge in [-0.25, -0.2) is 0 Å². The van der Waals surface area contributed by atoms with Crippen LogP contribution >= 0.6 is 7.92 Å². The highest BCUT2D eigenvalue weighted by Crippen LogP contribution is 2.32. The van der Waals surface area contributed by atoms with Crippen molar-refractivity contribution < 1.29 is 0 Å². The molecule has 0 fully saturated rings. The van der Waals surface area contributed by atoms with Crippen LogP contribution in [0.25, 0.3) is 0 Å². The van der Waals surface area contributed by atoms with E-state index in [-0.39, 0.29) is 0 Å². The first-order valence-corrected chi connectivity index (χ1v) is 10.2. The summed E-state index contributed by atoms with van der Waals surface area (Å²) < 4.78 is 0. The van der Waals surface area contributed by atoms with Crippen LogP contribution in [0.3, 0.4) is 0 Å². The largest absolute Gasteiger partial charge is 0.0683 e. The van der Waals surface area contributed by atoms with Crippen molar-refractivity contribution in [2.24, 2.45) is 0 Å². The molecular formula is C23H29P. The van der Waals surface area contributed by atoms with E-state index in [1.54, 1.807) is 0 Å². The molecule has 126 valence electrons. The Morgan fingerprint density at radius 1 is 0.458 bits per heavy atom. The van der Waals surface area contributed by atoms with E-state index in [0.29, 0.717) is 0 Å². The van der Waals surface area contributed by atoms with E-state index in [4.69, 9.17) is 0 Å². The van der Waals surface area contributed by atoms with E-state index < -0.39 is 7.92 Å². The molecule has 0 saturated carbocycles. The quantitative estimate of drug-likeness (QED) is 0.530. The monoisotopic (exact) mass is 336 g/mol. The first-order valence-electron chi connectivity index (χ1n) is 8.81. The van der Waals surface area contributed by atoms with Crippen molar-refractivity contribution in [2.75, 3.05) is 0 Å². The van der Waals surface area contributed by atoms with Crippen molar-refractivity contribution in [3.63, 3.8) is 0 Å². The van der Waals surface area contributed by atoms with Gasteiger partial charge in [-0.1, -0.05) is 118 Å². The molecule has 1 heteroatoms. The number of aryl methyl sites for hydroxylation is 1. The van der Waals surface area contributed by atoms with E-state index in [0.717, 1.165) is 0 Å². The van der Waals surface area contributed by atoms with Crippen LogP contribution in [0.2, 0.25) is 0 Å². The standard InChI is InChI=1S/C19H17P.2C2H6/c1-16-12-14-19(15-13-16)20(17-8-4-2-5-9-17)18-10-6-3-7-11-18;2*1-2/h2-15H,1H3;2*1-2H3. The summed E-state index contributed by atoms with van der Waals surface area (Å²) >= 11 is 0. The number of hydrogen-bond acceptors (Lipinski definition) is 0. The lowest BCUT2D eigenvalue weighted by Gasteiger charge is -2.19. The lowest BCUT2D eigenvalue weighted by Crippen LogP contribution is -2.20. The van der Waals surface area contributed by atoms with E-state index >= 15 is 0 Å². The van der Waals surface area contributed by atoms with Gasteiger partial charge in [0.2, 0.25) is 0 Å². The highest BCUT2D eigenvalue weighted by Gasteiger charge is 2.15. The Kier molecular flexibility index (Phi) is 9.73. The fourth-order valence-corrected chi connectivity index (χ4v) is 4.58. The zero-order valence-electron chi connectivity index (χ0n) is 15.5. The van der Waals surface area contributed by atoms with E-state index in [9.17, 15) is 0 Å². The fraction of sp³-hybridized carbons (Fsp3) is 0.217. The Morgan fingerprint density at radius 2 is 0.792 bits per heavy atom. The predicted molar refractivity (Wildman–Crippen MR) is 113 cm³/mol. The zero-order valence-corrected chi connectivity index (χ0v) is 16.4. The van der Waals surface area contributed by atoms with Crippen molar-refractivity contribution in [3.05, 3.63) is 90.5 Å². The van der Waals surface area contributed by atoms with Crippen LogP contribution in [-0.2, 0) is 0 Å². The second kappa shape index (κ2) is 11.6. The topological polar surface area (TPSA) is 0 Å². The van der Waals surface area contributed by atoms with Gasteiger partial charge in [0.05, 0.1) is 0 Å². The second-order valence-electron chi connectivity index (χ2n) is 4.84. The van der Waals surface area contributed by atoms with Crippen LogP contribution in [0.1, 0.15) is 33.3 Å². The lowest BCUT2D eigenvalue weighted by molar-refractivity contribution is 1.49. The number of hydrogen-bond donors (Lipinski definition) is 0. The second-order valence-corrected chi connectivity index (χ2v) is 7.06. The van der Waals surface area contributed by atoms with E-state index in [1.807, 2.05) is 27.7 Å². The van der Waals surface area contributed by atoms with E-state index in [2.05, 4.69) is 91.9 Å². The third-order valence-corrected chi connectivity index (χ3v) is 5.76. The smallest absolute Gasteiger partial charge is 0.0134 e. The van der Waals surface area contributed by atoms with Gasteiger partial charge in [0.15, 0.2) is 0 Å². The summed E-state index contributed by atoms with van der Waals surface area (Å²) in [7, 11) is -0.458. The van der Waals surface area contributed by atoms with Crippen LogP contribution < -0.4 is 15.9 Å². The Labute approximate surface area is 149 Å². The minimum atomic E-state index is -0.458. The maximum atomic E-state index is 2.26. The van der Waals surface area contributed by atoms with Gasteiger partial charge in [0.1, 0.15) is 0 Å². The number of benzene rings is 3. The fourth-order valence-electron chi connectivity index (χ4n) is 2.30. The highest BCUT2D eigenvalue weighted by atomic mass is 31.1. The molecular weight excluding hydrogens is 307 g/mol. The third kappa shape index (κ3) is 5.62. The molecule has 0 atom stereocenters. The van der Waals surface area contributed by atoms with Crippen molar-refractivity contribution in [3.8, 4) is 0 Å². The van der Waals surface area contributed by atoms with Gasteiger partial charge in [0.25, 0.3) is 0 Å². The minimum Gasteiger partial charge on any atom is -0.0683 e. The SMILES string of the molecule is CC.CC.Cc1ccc(P(c2ccccc2)c2ccccc2)cc1. The minimum absolute atomic E-state index is 0.458. The summed E-state index contributed by atoms with van der Waals surface area (Å²) in [6, 6.07) is 30.5. The molecule has 0 amide bonds. The summed E-state index contributed by atoms with van der Waals surface area (Å²) in [5, 5.41) is 4.21. The van der Waals surface area contributed by atoms with Crippen molar-refractivity contribution in [1.29, 1.82) is 0 Å². The molecule has 0 bridgehead atoms. The molecule has 0 aliphatic heterocycles. The number of rotatable bonds is 3. The van der Waals surface area contributed by atoms with Crippen LogP contribution in [0.5, 0.6) is 0 Å². The molecule has 0 aromatic heterocycles. The maximum Gasteiger partial charge on any atom is -0.0134 e. The lowest BCUT2D eigenvalue weighted by atomic mass is 10.2. The Balaban J connectivity index is 0.000000671. The molecule has 0 nitrogen and oxygen atoms in total. The van der Waals surface area contributed by atoms with Gasteiger partial charge in [-0.2, -0.15) is 0 Å². The van der Waals surface area contributed by atoms with Gasteiger partial charge in [0, 0.05) is 0 Å². The molecule has 0 spiro atoms. The first-order chi connectivity index (χ1) is 11.8. The molecule has 0 saturated heterocycles. The van der Waals surface area contributed by atoms with Crippen LogP contribution in [0, 0.1) is 6.92 Å². The van der Waals surface area contributed by atoms with E-state index in [1.165, 1.54) is 21.5 Å². The summed E-state index contributed by atoms with van der Waals surface area (Å²) in [5.41, 5.74) is 1.31. The third-order valence-electron chi connectivity index (χ3n) is 3.32. The average molecular weight is 336 g/mol. The Bertz CT molecular complexity index is 618. The van der Waals surface area contributed by atoms with Crippen LogP contribution in [0.4, 0.5) is 0 Å². The van der Waals surface area contributed by atoms with Gasteiger partial charge < -0.3 is 0 Å². The summed E-state index contributed by atoms with van der Waals surface area (Å²) in [4.78, 5) is 0. The first kappa shape index (κ1) is 20.1. The van der Waals surface area contributed by atoms with Crippen molar-refractivity contribution in [2.45, 2.75) is 34.6 Å². The van der Waals surface area contributed by atoms with Crippen LogP contribution in [-0.4, -0.2) is 0 Å². The normalized spacial score (nSPS) is 9.42. The van der Waals surface area contributed by atoms with Gasteiger partial charge in [-0.05, 0) is 30.8 Å². The molecule has 3 rings (SSSR count). The molecule has 3 aromatic rings. The molecule has 0 N–H and O–H groups in total. The van der Waals surface area contributed by atoms with Crippen LogP contribution in [0.15, 0.2) is 84.9 Å². The summed E-state index contributed by atoms with van der Waals surface area (Å²) in [6.07, 6.45) is 0. The molecule has 0 radical (unpaired) electrons. The van der Waals surface area contributed by atoms with Crippen molar-refractivity contribution in [1.82, 2.24) is 0 Å². The summed E-state index contributed by atoms with van der Waals surface area (Å²) in [6.45, 7) is 10.1. The average Bonchev–Trinajstić information content (AvgIpc) is 2.69.